The van der Waals surface area contributed by atoms with Crippen molar-refractivity contribution in [2.45, 2.75) is 0 Å². The minimum absolute atomic E-state index is 0.132. The molecule has 7 nitrogen and oxygen atoms in total. The minimum Gasteiger partial charge on any atom is -0.382 e. The second kappa shape index (κ2) is 7.47. The van der Waals surface area contributed by atoms with Crippen LogP contribution in [0.25, 0.3) is 0 Å². The third-order valence-electron chi connectivity index (χ3n) is 0.987. The zero-order chi connectivity index (χ0) is 10.1. The van der Waals surface area contributed by atoms with Gasteiger partial charge < -0.3 is 10.5 Å². The van der Waals surface area contributed by atoms with Gasteiger partial charge in [-0.05, 0) is 0 Å². The number of amides is 3. The van der Waals surface area contributed by atoms with Gasteiger partial charge in [-0.25, -0.2) is 4.79 Å². The van der Waals surface area contributed by atoms with Crippen LogP contribution in [-0.2, 0) is 14.4 Å². The molecule has 0 saturated heterocycles. The summed E-state index contributed by atoms with van der Waals surface area (Å²) in [6, 6.07) is -0.885. The number of primary amides is 1. The summed E-state index contributed by atoms with van der Waals surface area (Å²) in [6.07, 6.45) is 0. The van der Waals surface area contributed by atoms with Gasteiger partial charge in [0.25, 0.3) is 0 Å². The molecular formula is C6H13N3O4. The number of imide groups is 1. The van der Waals surface area contributed by atoms with Crippen molar-refractivity contribution >= 4 is 11.9 Å². The predicted octanol–water partition coefficient (Wildman–Crippen LogP) is -1.65. The molecule has 0 bridgehead atoms. The van der Waals surface area contributed by atoms with Crippen molar-refractivity contribution in [3.05, 3.63) is 0 Å². The van der Waals surface area contributed by atoms with Crippen molar-refractivity contribution < 1.29 is 19.2 Å². The standard InChI is InChI=1S/C6H13N3O4/c1-12-2-3-13-8-4-5(10)9-6(7)11/h8H,2-4H2,1H3,(H3,7,9,10,11). The first-order valence-corrected chi connectivity index (χ1v) is 3.59. The van der Waals surface area contributed by atoms with E-state index in [-0.39, 0.29) is 6.54 Å². The monoisotopic (exact) mass is 191 g/mol. The van der Waals surface area contributed by atoms with Crippen LogP contribution in [0, 0.1) is 0 Å². The van der Waals surface area contributed by atoms with Gasteiger partial charge in [0.2, 0.25) is 5.91 Å². The Kier molecular flexibility index (Phi) is 6.79. The molecule has 0 unspecified atom stereocenters. The SMILES string of the molecule is COCCONCC(=O)NC(N)=O. The lowest BCUT2D eigenvalue weighted by molar-refractivity contribution is -0.122. The van der Waals surface area contributed by atoms with Gasteiger partial charge in [0, 0.05) is 7.11 Å². The molecule has 7 heteroatoms. The average molecular weight is 191 g/mol. The van der Waals surface area contributed by atoms with E-state index in [4.69, 9.17) is 4.84 Å². The molecule has 0 saturated carbocycles. The average Bonchev–Trinajstić information content (AvgIpc) is 2.02. The lowest BCUT2D eigenvalue weighted by atomic mass is 10.6. The van der Waals surface area contributed by atoms with Crippen molar-refractivity contribution in [3.8, 4) is 0 Å². The van der Waals surface area contributed by atoms with Gasteiger partial charge in [0.15, 0.2) is 0 Å². The number of hydrogen-bond donors (Lipinski definition) is 3. The molecule has 76 valence electrons. The second-order valence-corrected chi connectivity index (χ2v) is 2.07. The molecule has 0 aromatic carbocycles. The first-order valence-electron chi connectivity index (χ1n) is 3.59. The number of methoxy groups -OCH3 is 1. The van der Waals surface area contributed by atoms with Gasteiger partial charge in [-0.1, -0.05) is 0 Å². The molecule has 0 aliphatic rings. The molecule has 0 rings (SSSR count). The van der Waals surface area contributed by atoms with Gasteiger partial charge >= 0.3 is 6.03 Å². The molecule has 0 aliphatic heterocycles. The van der Waals surface area contributed by atoms with Crippen LogP contribution in [0.2, 0.25) is 0 Å². The molecule has 0 aliphatic carbocycles. The Bertz CT molecular complexity index is 173. The van der Waals surface area contributed by atoms with Crippen molar-refractivity contribution in [3.63, 3.8) is 0 Å². The number of rotatable bonds is 6. The minimum atomic E-state index is -0.885. The fourth-order valence-electron chi connectivity index (χ4n) is 0.495. The van der Waals surface area contributed by atoms with Crippen LogP contribution in [-0.4, -0.2) is 38.8 Å². The van der Waals surface area contributed by atoms with E-state index in [0.29, 0.717) is 13.2 Å². The highest BCUT2D eigenvalue weighted by Crippen LogP contribution is 1.70. The zero-order valence-corrected chi connectivity index (χ0v) is 7.33. The molecule has 0 aromatic rings. The van der Waals surface area contributed by atoms with Crippen LogP contribution in [0.1, 0.15) is 0 Å². The molecule has 3 amide bonds. The summed E-state index contributed by atoms with van der Waals surface area (Å²) in [5.74, 6) is -0.551. The van der Waals surface area contributed by atoms with E-state index in [1.54, 1.807) is 0 Å². The number of carbonyl (C=O) groups is 2. The molecule has 0 fully saturated rings. The molecule has 0 heterocycles. The Morgan fingerprint density at radius 1 is 1.38 bits per heavy atom. The molecule has 0 spiro atoms. The van der Waals surface area contributed by atoms with Gasteiger partial charge in [-0.3, -0.25) is 14.9 Å². The quantitative estimate of drug-likeness (QED) is 0.345. The van der Waals surface area contributed by atoms with Crippen LogP contribution < -0.4 is 16.5 Å². The summed E-state index contributed by atoms with van der Waals surface area (Å²) in [7, 11) is 1.53. The third-order valence-corrected chi connectivity index (χ3v) is 0.987. The highest BCUT2D eigenvalue weighted by molar-refractivity contribution is 5.94. The van der Waals surface area contributed by atoms with Gasteiger partial charge in [-0.2, -0.15) is 5.48 Å². The maximum atomic E-state index is 10.7. The van der Waals surface area contributed by atoms with E-state index in [1.807, 2.05) is 5.32 Å². The molecule has 0 atom stereocenters. The smallest absolute Gasteiger partial charge is 0.318 e. The number of nitrogens with two attached hydrogens (primary N) is 1. The Morgan fingerprint density at radius 2 is 2.08 bits per heavy atom. The van der Waals surface area contributed by atoms with Crippen LogP contribution in [0.5, 0.6) is 0 Å². The van der Waals surface area contributed by atoms with Crippen LogP contribution >= 0.6 is 0 Å². The lowest BCUT2D eigenvalue weighted by Crippen LogP contribution is -2.40. The number of ether oxygens (including phenoxy) is 1. The summed E-state index contributed by atoms with van der Waals surface area (Å²) in [5.41, 5.74) is 7.01. The summed E-state index contributed by atoms with van der Waals surface area (Å²) >= 11 is 0. The first-order chi connectivity index (χ1) is 6.16. The predicted molar refractivity (Wildman–Crippen MR) is 43.6 cm³/mol. The van der Waals surface area contributed by atoms with E-state index in [9.17, 15) is 9.59 Å². The fraction of sp³-hybridized carbons (Fsp3) is 0.667. The molecular weight excluding hydrogens is 178 g/mol. The van der Waals surface area contributed by atoms with Crippen molar-refractivity contribution in [2.24, 2.45) is 5.73 Å². The van der Waals surface area contributed by atoms with Crippen LogP contribution in [0.4, 0.5) is 4.79 Å². The van der Waals surface area contributed by atoms with Gasteiger partial charge in [-0.15, -0.1) is 0 Å². The maximum absolute atomic E-state index is 10.7. The Morgan fingerprint density at radius 3 is 2.62 bits per heavy atom. The third kappa shape index (κ3) is 8.73. The van der Waals surface area contributed by atoms with E-state index in [2.05, 4.69) is 16.0 Å². The molecule has 4 N–H and O–H groups in total. The highest BCUT2D eigenvalue weighted by Gasteiger charge is 2.02. The van der Waals surface area contributed by atoms with Gasteiger partial charge in [0.1, 0.15) is 6.54 Å². The number of hydroxylamine groups is 1. The van der Waals surface area contributed by atoms with Crippen molar-refractivity contribution in [1.82, 2.24) is 10.8 Å². The van der Waals surface area contributed by atoms with E-state index in [1.165, 1.54) is 7.11 Å². The van der Waals surface area contributed by atoms with Crippen LogP contribution in [0.3, 0.4) is 0 Å². The number of nitrogens with one attached hydrogen (secondary N) is 2. The zero-order valence-electron chi connectivity index (χ0n) is 7.33. The Hall–Kier alpha value is -1.18. The lowest BCUT2D eigenvalue weighted by Gasteiger charge is -2.04. The van der Waals surface area contributed by atoms with Gasteiger partial charge in [0.05, 0.1) is 13.2 Å². The van der Waals surface area contributed by atoms with E-state index >= 15 is 0 Å². The first kappa shape index (κ1) is 11.8. The Balaban J connectivity index is 3.22. The Labute approximate surface area is 75.5 Å². The largest absolute Gasteiger partial charge is 0.382 e. The van der Waals surface area contributed by atoms with E-state index in [0.717, 1.165) is 0 Å². The van der Waals surface area contributed by atoms with Crippen molar-refractivity contribution in [1.29, 1.82) is 0 Å². The second-order valence-electron chi connectivity index (χ2n) is 2.07. The number of carbonyl (C=O) groups excluding carboxylic acids is 2. The number of hydrogen-bond acceptors (Lipinski definition) is 5. The van der Waals surface area contributed by atoms with Crippen molar-refractivity contribution in [2.75, 3.05) is 26.9 Å². The topological polar surface area (TPSA) is 103 Å². The summed E-state index contributed by atoms with van der Waals surface area (Å²) in [4.78, 5) is 25.6. The molecule has 13 heavy (non-hydrogen) atoms. The summed E-state index contributed by atoms with van der Waals surface area (Å²) in [5, 5.41) is 1.86. The fourth-order valence-corrected chi connectivity index (χ4v) is 0.495. The highest BCUT2D eigenvalue weighted by atomic mass is 16.7. The van der Waals surface area contributed by atoms with E-state index < -0.39 is 11.9 Å². The maximum Gasteiger partial charge on any atom is 0.318 e. The molecule has 0 radical (unpaired) electrons. The van der Waals surface area contributed by atoms with Crippen LogP contribution in [0.15, 0.2) is 0 Å². The summed E-state index contributed by atoms with van der Waals surface area (Å²) < 4.78 is 4.67. The molecule has 0 aromatic heterocycles. The number of urea groups is 1. The summed E-state index contributed by atoms with van der Waals surface area (Å²) in [6.45, 7) is 0.609. The normalized spacial score (nSPS) is 9.62.